The lowest BCUT2D eigenvalue weighted by Crippen LogP contribution is -2.03. The van der Waals surface area contributed by atoms with E-state index in [9.17, 15) is 4.39 Å². The Bertz CT molecular complexity index is 1020. The monoisotopic (exact) mass is 342 g/mol. The van der Waals surface area contributed by atoms with Crippen molar-refractivity contribution < 1.29 is 4.39 Å². The number of anilines is 2. The summed E-state index contributed by atoms with van der Waals surface area (Å²) in [6, 6.07) is 25.7. The van der Waals surface area contributed by atoms with Crippen LogP contribution in [0.5, 0.6) is 0 Å². The van der Waals surface area contributed by atoms with Crippen LogP contribution in [0.25, 0.3) is 22.5 Å². The number of nitrogens with zero attached hydrogens (tertiary/aromatic N) is 3. The fourth-order valence-corrected chi connectivity index (χ4v) is 2.66. The summed E-state index contributed by atoms with van der Waals surface area (Å²) in [5, 5.41) is 11.6. The Labute approximate surface area is 150 Å². The van der Waals surface area contributed by atoms with Crippen LogP contribution in [0.4, 0.5) is 16.0 Å². The Balaban J connectivity index is 1.79. The van der Waals surface area contributed by atoms with Gasteiger partial charge in [-0.2, -0.15) is 0 Å². The molecule has 5 heteroatoms. The topological polar surface area (TPSA) is 50.7 Å². The highest BCUT2D eigenvalue weighted by molar-refractivity contribution is 5.78. The van der Waals surface area contributed by atoms with Gasteiger partial charge in [0.2, 0.25) is 5.95 Å². The van der Waals surface area contributed by atoms with Crippen molar-refractivity contribution >= 4 is 11.6 Å². The van der Waals surface area contributed by atoms with Crippen LogP contribution in [0.1, 0.15) is 0 Å². The van der Waals surface area contributed by atoms with Gasteiger partial charge in [0, 0.05) is 16.8 Å². The van der Waals surface area contributed by atoms with Crippen molar-refractivity contribution in [1.29, 1.82) is 0 Å². The average Bonchev–Trinajstić information content (AvgIpc) is 2.69. The number of aromatic nitrogens is 3. The fourth-order valence-electron chi connectivity index (χ4n) is 2.66. The van der Waals surface area contributed by atoms with Gasteiger partial charge in [0.05, 0.1) is 0 Å². The van der Waals surface area contributed by atoms with E-state index >= 15 is 0 Å². The van der Waals surface area contributed by atoms with Crippen molar-refractivity contribution in [2.24, 2.45) is 0 Å². The average molecular weight is 342 g/mol. The zero-order chi connectivity index (χ0) is 17.8. The van der Waals surface area contributed by atoms with E-state index in [1.807, 2.05) is 60.7 Å². The molecule has 4 nitrogen and oxygen atoms in total. The summed E-state index contributed by atoms with van der Waals surface area (Å²) < 4.78 is 13.4. The second-order valence-electron chi connectivity index (χ2n) is 5.70. The highest BCUT2D eigenvalue weighted by atomic mass is 19.1. The molecule has 0 saturated heterocycles. The van der Waals surface area contributed by atoms with Gasteiger partial charge < -0.3 is 5.32 Å². The summed E-state index contributed by atoms with van der Waals surface area (Å²) in [5.41, 5.74) is 3.85. The van der Waals surface area contributed by atoms with Crippen molar-refractivity contribution in [3.05, 3.63) is 90.7 Å². The number of halogens is 1. The summed E-state index contributed by atoms with van der Waals surface area (Å²) in [7, 11) is 0. The molecule has 0 atom stereocenters. The molecule has 0 bridgehead atoms. The molecule has 1 N–H and O–H groups in total. The van der Waals surface area contributed by atoms with Gasteiger partial charge in [-0.1, -0.05) is 66.7 Å². The smallest absolute Gasteiger partial charge is 0.247 e. The third kappa shape index (κ3) is 3.42. The van der Waals surface area contributed by atoms with E-state index in [1.165, 1.54) is 12.1 Å². The normalized spacial score (nSPS) is 10.5. The van der Waals surface area contributed by atoms with Crippen LogP contribution >= 0.6 is 0 Å². The number of benzene rings is 3. The molecule has 26 heavy (non-hydrogen) atoms. The summed E-state index contributed by atoms with van der Waals surface area (Å²) >= 11 is 0. The van der Waals surface area contributed by atoms with E-state index < -0.39 is 0 Å². The van der Waals surface area contributed by atoms with Crippen LogP contribution in [0.2, 0.25) is 0 Å². The molecule has 0 unspecified atom stereocenters. The number of nitrogens with one attached hydrogen (secondary N) is 1. The zero-order valence-electron chi connectivity index (χ0n) is 13.8. The van der Waals surface area contributed by atoms with Crippen LogP contribution in [0, 0.1) is 5.82 Å². The first-order valence-corrected chi connectivity index (χ1v) is 8.18. The highest BCUT2D eigenvalue weighted by Gasteiger charge is 2.13. The Morgan fingerprint density at radius 3 is 1.96 bits per heavy atom. The van der Waals surface area contributed by atoms with Crippen LogP contribution in [-0.2, 0) is 0 Å². The predicted molar refractivity (Wildman–Crippen MR) is 100 cm³/mol. The predicted octanol–water partition coefficient (Wildman–Crippen LogP) is 5.09. The van der Waals surface area contributed by atoms with Gasteiger partial charge in [0.25, 0.3) is 0 Å². The lowest BCUT2D eigenvalue weighted by atomic mass is 10.0. The number of hydrogen-bond acceptors (Lipinski definition) is 4. The molecule has 0 saturated carbocycles. The van der Waals surface area contributed by atoms with Gasteiger partial charge in [-0.3, -0.25) is 0 Å². The molecule has 4 rings (SSSR count). The minimum Gasteiger partial charge on any atom is -0.323 e. The maximum absolute atomic E-state index is 13.4. The summed E-state index contributed by atoms with van der Waals surface area (Å²) in [4.78, 5) is 4.64. The summed E-state index contributed by atoms with van der Waals surface area (Å²) in [6.07, 6.45) is 0. The maximum atomic E-state index is 13.4. The molecule has 126 valence electrons. The van der Waals surface area contributed by atoms with Gasteiger partial charge in [-0.05, 0) is 18.2 Å². The minimum atomic E-state index is -0.327. The molecule has 0 radical (unpaired) electrons. The Morgan fingerprint density at radius 1 is 0.654 bits per heavy atom. The second-order valence-corrected chi connectivity index (χ2v) is 5.70. The van der Waals surface area contributed by atoms with Crippen molar-refractivity contribution in [2.45, 2.75) is 0 Å². The standard InChI is InChI=1S/C21H15FN4/c22-17-12-7-13-18(14-17)23-21-24-19(15-8-3-1-4-9-15)20(25-26-21)16-10-5-2-6-11-16/h1-14H,(H,23,24,26). The second kappa shape index (κ2) is 7.11. The van der Waals surface area contributed by atoms with Gasteiger partial charge in [-0.15, -0.1) is 10.2 Å². The Kier molecular flexibility index (Phi) is 4.35. The first-order chi connectivity index (χ1) is 12.8. The van der Waals surface area contributed by atoms with Crippen LogP contribution in [0.15, 0.2) is 84.9 Å². The van der Waals surface area contributed by atoms with Crippen molar-refractivity contribution in [2.75, 3.05) is 5.32 Å². The van der Waals surface area contributed by atoms with Gasteiger partial charge in [0.1, 0.15) is 17.2 Å². The van der Waals surface area contributed by atoms with E-state index in [-0.39, 0.29) is 5.82 Å². The molecule has 0 aliphatic carbocycles. The summed E-state index contributed by atoms with van der Waals surface area (Å²) in [5.74, 6) is -0.0127. The quantitative estimate of drug-likeness (QED) is 0.561. The molecule has 0 spiro atoms. The molecule has 3 aromatic carbocycles. The third-order valence-electron chi connectivity index (χ3n) is 3.86. The van der Waals surface area contributed by atoms with E-state index in [1.54, 1.807) is 12.1 Å². The van der Waals surface area contributed by atoms with Crippen LogP contribution in [0.3, 0.4) is 0 Å². The van der Waals surface area contributed by atoms with E-state index in [4.69, 9.17) is 0 Å². The lowest BCUT2D eigenvalue weighted by molar-refractivity contribution is 0.628. The van der Waals surface area contributed by atoms with E-state index in [2.05, 4.69) is 20.5 Å². The van der Waals surface area contributed by atoms with Crippen molar-refractivity contribution in [3.63, 3.8) is 0 Å². The molecule has 4 aromatic rings. The van der Waals surface area contributed by atoms with Gasteiger partial charge >= 0.3 is 0 Å². The highest BCUT2D eigenvalue weighted by Crippen LogP contribution is 2.29. The first-order valence-electron chi connectivity index (χ1n) is 8.18. The molecule has 1 heterocycles. The molecular weight excluding hydrogens is 327 g/mol. The Morgan fingerprint density at radius 2 is 1.31 bits per heavy atom. The van der Waals surface area contributed by atoms with Gasteiger partial charge in [-0.25, -0.2) is 9.37 Å². The summed E-state index contributed by atoms with van der Waals surface area (Å²) in [6.45, 7) is 0. The lowest BCUT2D eigenvalue weighted by Gasteiger charge is -2.10. The Hall–Kier alpha value is -3.60. The maximum Gasteiger partial charge on any atom is 0.247 e. The van der Waals surface area contributed by atoms with E-state index in [0.717, 1.165) is 11.1 Å². The van der Waals surface area contributed by atoms with Crippen LogP contribution < -0.4 is 5.32 Å². The molecule has 0 aliphatic heterocycles. The third-order valence-corrected chi connectivity index (χ3v) is 3.86. The molecule has 1 aromatic heterocycles. The fraction of sp³-hybridized carbons (Fsp3) is 0. The van der Waals surface area contributed by atoms with Crippen LogP contribution in [-0.4, -0.2) is 15.2 Å². The molecular formula is C21H15FN4. The largest absolute Gasteiger partial charge is 0.323 e. The molecule has 0 amide bonds. The number of hydrogen-bond donors (Lipinski definition) is 1. The van der Waals surface area contributed by atoms with Gasteiger partial charge in [0.15, 0.2) is 0 Å². The molecule has 0 aliphatic rings. The minimum absolute atomic E-state index is 0.314. The van der Waals surface area contributed by atoms with E-state index in [0.29, 0.717) is 23.0 Å². The zero-order valence-corrected chi connectivity index (χ0v) is 13.8. The van der Waals surface area contributed by atoms with Crippen molar-refractivity contribution in [3.8, 4) is 22.5 Å². The van der Waals surface area contributed by atoms with Crippen molar-refractivity contribution in [1.82, 2.24) is 15.2 Å². The molecule has 0 fully saturated rings. The SMILES string of the molecule is Fc1cccc(Nc2nnc(-c3ccccc3)c(-c3ccccc3)n2)c1. The number of rotatable bonds is 4. The first kappa shape index (κ1) is 15.9.